The van der Waals surface area contributed by atoms with Gasteiger partial charge in [0, 0.05) is 48.8 Å². The van der Waals surface area contributed by atoms with Gasteiger partial charge in [-0.1, -0.05) is 104 Å². The minimum Gasteiger partial charge on any atom is -0.455 e. The quantitative estimate of drug-likeness (QED) is 0.172. The Bertz CT molecular complexity index is 3350. The number of hydrogen-bond donors (Lipinski definition) is 0. The SMILES string of the molecule is C=C/C=c1/oc2c(-c3nc(-c4cccc5c(C=C)c(/C=C\C)oc45)nc4c3oc3ccc(-c5cccc6c5oc5ccccc56)cc34)cccc2/c1=C/C. The normalized spacial score (nSPS) is 12.9. The summed E-state index contributed by atoms with van der Waals surface area (Å²) in [6.45, 7) is 12.0. The lowest BCUT2D eigenvalue weighted by atomic mass is 10.0. The van der Waals surface area contributed by atoms with Crippen molar-refractivity contribution in [1.29, 1.82) is 0 Å². The summed E-state index contributed by atoms with van der Waals surface area (Å²) < 4.78 is 26.2. The van der Waals surface area contributed by atoms with E-state index in [1.54, 1.807) is 6.08 Å². The van der Waals surface area contributed by atoms with Gasteiger partial charge in [0.05, 0.1) is 5.56 Å². The molecule has 0 saturated carbocycles. The number of allylic oxidation sites excluding steroid dienone is 2. The Morgan fingerprint density at radius 1 is 0.593 bits per heavy atom. The molecule has 0 aliphatic heterocycles. The van der Waals surface area contributed by atoms with E-state index in [1.807, 2.05) is 98.8 Å². The molecule has 0 amide bonds. The third-order valence-corrected chi connectivity index (χ3v) is 10.2. The molecule has 5 aromatic carbocycles. The lowest BCUT2D eigenvalue weighted by molar-refractivity contribution is 0.576. The second kappa shape index (κ2) is 12.2. The van der Waals surface area contributed by atoms with Crippen LogP contribution in [0.2, 0.25) is 0 Å². The van der Waals surface area contributed by atoms with Crippen molar-refractivity contribution in [2.75, 3.05) is 0 Å². The molecular weight excluding hydrogens is 669 g/mol. The molecule has 0 aliphatic carbocycles. The summed E-state index contributed by atoms with van der Waals surface area (Å²) in [4.78, 5) is 10.6. The minimum absolute atomic E-state index is 0.496. The zero-order chi connectivity index (χ0) is 36.5. The number of nitrogens with zero attached hydrogens (tertiary/aromatic N) is 2. The van der Waals surface area contributed by atoms with E-state index >= 15 is 0 Å². The van der Waals surface area contributed by atoms with Crippen LogP contribution < -0.4 is 10.6 Å². The average molecular weight is 701 g/mol. The van der Waals surface area contributed by atoms with Crippen molar-refractivity contribution in [2.24, 2.45) is 0 Å². The fourth-order valence-corrected chi connectivity index (χ4v) is 7.78. The van der Waals surface area contributed by atoms with Gasteiger partial charge < -0.3 is 17.7 Å². The van der Waals surface area contributed by atoms with Gasteiger partial charge in [0.15, 0.2) is 11.4 Å². The standard InChI is InChI=1S/C48H32N2O4/c1-5-14-38-28(7-3)32-18-12-21-35(45(32)51-38)42-47-43(50-48(49-42)36-22-13-19-33-29(8-4)39(15-6-2)52-46(33)36)37-26-27(24-25-41(37)54-47)30-17-11-20-34-31-16-9-10-23-40(31)53-44(30)34/h5-26H,1,4H2,2-3H3/b15-6-,28-7-,38-14+. The summed E-state index contributed by atoms with van der Waals surface area (Å²) in [5.41, 5.74) is 10.7. The number of furan rings is 4. The van der Waals surface area contributed by atoms with Crippen LogP contribution in [0.1, 0.15) is 25.2 Å². The molecule has 6 nitrogen and oxygen atoms in total. The van der Waals surface area contributed by atoms with Crippen LogP contribution in [0.5, 0.6) is 0 Å². The van der Waals surface area contributed by atoms with Gasteiger partial charge >= 0.3 is 0 Å². The summed E-state index contributed by atoms with van der Waals surface area (Å²) >= 11 is 0. The Labute approximate surface area is 309 Å². The minimum atomic E-state index is 0.496. The second-order valence-electron chi connectivity index (χ2n) is 13.2. The molecule has 5 aromatic heterocycles. The molecule has 0 N–H and O–H groups in total. The molecule has 0 bridgehead atoms. The van der Waals surface area contributed by atoms with Crippen LogP contribution in [-0.2, 0) is 0 Å². The van der Waals surface area contributed by atoms with Gasteiger partial charge in [0.2, 0.25) is 0 Å². The second-order valence-corrected chi connectivity index (χ2v) is 13.2. The van der Waals surface area contributed by atoms with Crippen molar-refractivity contribution in [2.45, 2.75) is 13.8 Å². The number of benzene rings is 5. The molecule has 0 radical (unpaired) electrons. The molecule has 6 heteroatoms. The molecule has 0 atom stereocenters. The van der Waals surface area contributed by atoms with Crippen LogP contribution in [0, 0.1) is 0 Å². The van der Waals surface area contributed by atoms with Crippen molar-refractivity contribution in [1.82, 2.24) is 9.97 Å². The van der Waals surface area contributed by atoms with Crippen molar-refractivity contribution in [3.05, 3.63) is 144 Å². The van der Waals surface area contributed by atoms with E-state index in [4.69, 9.17) is 27.6 Å². The highest BCUT2D eigenvalue weighted by Gasteiger charge is 2.24. The van der Waals surface area contributed by atoms with Crippen LogP contribution in [0.4, 0.5) is 0 Å². The number of aromatic nitrogens is 2. The third-order valence-electron chi connectivity index (χ3n) is 10.2. The maximum absolute atomic E-state index is 6.71. The summed E-state index contributed by atoms with van der Waals surface area (Å²) in [6.07, 6.45) is 11.4. The number of rotatable bonds is 6. The summed E-state index contributed by atoms with van der Waals surface area (Å²) in [5.74, 6) is 1.22. The molecule has 5 heterocycles. The van der Waals surface area contributed by atoms with E-state index in [-0.39, 0.29) is 0 Å². The lowest BCUT2D eigenvalue weighted by Crippen LogP contribution is -2.18. The Kier molecular flexibility index (Phi) is 7.13. The van der Waals surface area contributed by atoms with Crippen LogP contribution in [0.15, 0.2) is 140 Å². The third kappa shape index (κ3) is 4.60. The summed E-state index contributed by atoms with van der Waals surface area (Å²) in [7, 11) is 0. The molecule has 0 unspecified atom stereocenters. The fourth-order valence-electron chi connectivity index (χ4n) is 7.78. The molecule has 0 spiro atoms. The van der Waals surface area contributed by atoms with Crippen LogP contribution in [0.25, 0.3) is 124 Å². The molecule has 0 aliphatic rings. The fraction of sp³-hybridized carbons (Fsp3) is 0.0417. The lowest BCUT2D eigenvalue weighted by Gasteiger charge is -2.07. The first-order valence-corrected chi connectivity index (χ1v) is 17.9. The number of para-hydroxylation sites is 4. The van der Waals surface area contributed by atoms with E-state index in [1.165, 1.54) is 0 Å². The van der Waals surface area contributed by atoms with Crippen molar-refractivity contribution < 1.29 is 17.7 Å². The van der Waals surface area contributed by atoms with Gasteiger partial charge in [-0.2, -0.15) is 0 Å². The van der Waals surface area contributed by atoms with Gasteiger partial charge in [-0.05, 0) is 61.9 Å². The van der Waals surface area contributed by atoms with Crippen molar-refractivity contribution in [3.8, 4) is 33.8 Å². The van der Waals surface area contributed by atoms with Gasteiger partial charge in [-0.25, -0.2) is 9.97 Å². The molecular formula is C48H32N2O4. The predicted molar refractivity (Wildman–Crippen MR) is 221 cm³/mol. The van der Waals surface area contributed by atoms with Crippen molar-refractivity contribution in [3.63, 3.8) is 0 Å². The van der Waals surface area contributed by atoms with Gasteiger partial charge in [-0.3, -0.25) is 0 Å². The number of fused-ring (bicyclic) bond motifs is 8. The maximum atomic E-state index is 6.71. The van der Waals surface area contributed by atoms with E-state index < -0.39 is 0 Å². The Morgan fingerprint density at radius 2 is 1.30 bits per heavy atom. The predicted octanol–water partition coefficient (Wildman–Crippen LogP) is 12.2. The Morgan fingerprint density at radius 3 is 2.11 bits per heavy atom. The largest absolute Gasteiger partial charge is 0.455 e. The van der Waals surface area contributed by atoms with E-state index in [0.29, 0.717) is 39.4 Å². The molecule has 54 heavy (non-hydrogen) atoms. The van der Waals surface area contributed by atoms with Crippen molar-refractivity contribution >= 4 is 90.3 Å². The maximum Gasteiger partial charge on any atom is 0.180 e. The van der Waals surface area contributed by atoms with E-state index in [0.717, 1.165) is 82.3 Å². The Balaban J connectivity index is 1.29. The molecule has 0 fully saturated rings. The van der Waals surface area contributed by atoms with Crippen LogP contribution >= 0.6 is 0 Å². The first-order valence-electron chi connectivity index (χ1n) is 17.9. The van der Waals surface area contributed by atoms with Crippen LogP contribution in [-0.4, -0.2) is 9.97 Å². The first kappa shape index (κ1) is 31.5. The molecule has 10 aromatic rings. The zero-order valence-corrected chi connectivity index (χ0v) is 29.6. The monoisotopic (exact) mass is 700 g/mol. The first-order chi connectivity index (χ1) is 26.6. The highest BCUT2D eigenvalue weighted by Crippen LogP contribution is 2.42. The summed E-state index contributed by atoms with van der Waals surface area (Å²) in [5, 5.41) is 5.88. The molecule has 10 rings (SSSR count). The highest BCUT2D eigenvalue weighted by atomic mass is 16.3. The summed E-state index contributed by atoms with van der Waals surface area (Å²) in [6, 6.07) is 32.7. The van der Waals surface area contributed by atoms with Crippen LogP contribution in [0.3, 0.4) is 0 Å². The van der Waals surface area contributed by atoms with Gasteiger partial charge in [-0.15, -0.1) is 0 Å². The average Bonchev–Trinajstić information content (AvgIpc) is 3.97. The van der Waals surface area contributed by atoms with Gasteiger partial charge in [0.25, 0.3) is 0 Å². The Hall–Kier alpha value is -7.18. The molecule has 0 saturated heterocycles. The van der Waals surface area contributed by atoms with Gasteiger partial charge in [0.1, 0.15) is 50.3 Å². The van der Waals surface area contributed by atoms with E-state index in [9.17, 15) is 0 Å². The topological polar surface area (TPSA) is 78.3 Å². The van der Waals surface area contributed by atoms with E-state index in [2.05, 4.69) is 55.6 Å². The number of hydrogen-bond acceptors (Lipinski definition) is 6. The molecule has 258 valence electrons. The smallest absolute Gasteiger partial charge is 0.180 e. The zero-order valence-electron chi connectivity index (χ0n) is 29.6. The highest BCUT2D eigenvalue weighted by molar-refractivity contribution is 6.13.